The second-order valence-electron chi connectivity index (χ2n) is 3.50. The summed E-state index contributed by atoms with van der Waals surface area (Å²) in [7, 11) is 0. The normalized spacial score (nSPS) is 22.2. The van der Waals surface area contributed by atoms with Crippen LogP contribution in [0.2, 0.25) is 0 Å². The van der Waals surface area contributed by atoms with E-state index in [-0.39, 0.29) is 6.10 Å². The van der Waals surface area contributed by atoms with Gasteiger partial charge in [0.2, 0.25) is 0 Å². The van der Waals surface area contributed by atoms with Crippen LogP contribution < -0.4 is 0 Å². The first-order chi connectivity index (χ1) is 6.29. The van der Waals surface area contributed by atoms with E-state index in [1.807, 2.05) is 17.8 Å². The van der Waals surface area contributed by atoms with Gasteiger partial charge in [-0.3, -0.25) is 0 Å². The smallest absolute Gasteiger partial charge is 0.0801 e. The molecule has 1 aromatic carbocycles. The van der Waals surface area contributed by atoms with Crippen molar-refractivity contribution in [3.63, 3.8) is 0 Å². The maximum atomic E-state index is 9.85. The molecule has 0 radical (unpaired) electrons. The minimum Gasteiger partial charge on any atom is -0.388 e. The molecule has 1 unspecified atom stereocenters. The molecule has 0 saturated carbocycles. The molecular weight excluding hydrogens is 180 g/mol. The molecule has 0 spiro atoms. The van der Waals surface area contributed by atoms with Gasteiger partial charge in [-0.1, -0.05) is 18.2 Å². The molecule has 0 aliphatic carbocycles. The number of fused-ring (bicyclic) bond motifs is 1. The highest BCUT2D eigenvalue weighted by molar-refractivity contribution is 7.98. The molecule has 1 heterocycles. The molecule has 70 valence electrons. The Morgan fingerprint density at radius 2 is 2.31 bits per heavy atom. The second kappa shape index (κ2) is 3.72. The first-order valence-corrected chi connectivity index (χ1v) is 5.78. The largest absolute Gasteiger partial charge is 0.388 e. The molecule has 1 aliphatic rings. The van der Waals surface area contributed by atoms with E-state index in [9.17, 15) is 5.11 Å². The van der Waals surface area contributed by atoms with E-state index in [0.29, 0.717) is 0 Å². The Morgan fingerprint density at radius 1 is 1.46 bits per heavy atom. The summed E-state index contributed by atoms with van der Waals surface area (Å²) in [4.78, 5) is 0. The van der Waals surface area contributed by atoms with Gasteiger partial charge in [-0.25, -0.2) is 0 Å². The molecule has 0 saturated heterocycles. The summed E-state index contributed by atoms with van der Waals surface area (Å²) in [5.41, 5.74) is 3.80. The van der Waals surface area contributed by atoms with Gasteiger partial charge in [0.15, 0.2) is 0 Å². The molecule has 0 bridgehead atoms. The third kappa shape index (κ3) is 1.74. The molecule has 1 aromatic rings. The Morgan fingerprint density at radius 3 is 3.15 bits per heavy atom. The fourth-order valence-corrected chi connectivity index (χ4v) is 2.89. The van der Waals surface area contributed by atoms with Gasteiger partial charge < -0.3 is 5.11 Å². The monoisotopic (exact) mass is 194 g/mol. The highest BCUT2D eigenvalue weighted by atomic mass is 32.2. The summed E-state index contributed by atoms with van der Waals surface area (Å²) in [5.74, 6) is 2.12. The van der Waals surface area contributed by atoms with E-state index in [0.717, 1.165) is 23.5 Å². The zero-order valence-electron chi connectivity index (χ0n) is 7.79. The van der Waals surface area contributed by atoms with Crippen molar-refractivity contribution in [3.8, 4) is 0 Å². The van der Waals surface area contributed by atoms with E-state index in [1.165, 1.54) is 11.1 Å². The predicted octanol–water partition coefficient (Wildman–Crippen LogP) is 2.67. The van der Waals surface area contributed by atoms with Crippen molar-refractivity contribution >= 4 is 11.8 Å². The zero-order chi connectivity index (χ0) is 9.26. The van der Waals surface area contributed by atoms with Crippen LogP contribution in [0.5, 0.6) is 0 Å². The molecule has 1 N–H and O–H groups in total. The number of hydrogen-bond acceptors (Lipinski definition) is 2. The van der Waals surface area contributed by atoms with E-state index in [1.54, 1.807) is 0 Å². The lowest BCUT2D eigenvalue weighted by molar-refractivity contribution is 0.175. The van der Waals surface area contributed by atoms with Crippen molar-refractivity contribution in [2.24, 2.45) is 0 Å². The van der Waals surface area contributed by atoms with Crippen molar-refractivity contribution in [2.75, 3.05) is 5.75 Å². The Bertz CT molecular complexity index is 309. The van der Waals surface area contributed by atoms with E-state index in [4.69, 9.17) is 0 Å². The minimum absolute atomic E-state index is 0.245. The highest BCUT2D eigenvalue weighted by Gasteiger charge is 2.16. The van der Waals surface area contributed by atoms with E-state index >= 15 is 0 Å². The average molecular weight is 194 g/mol. The van der Waals surface area contributed by atoms with Gasteiger partial charge in [0.25, 0.3) is 0 Å². The van der Waals surface area contributed by atoms with Crippen LogP contribution >= 0.6 is 11.8 Å². The van der Waals surface area contributed by atoms with Crippen molar-refractivity contribution in [1.29, 1.82) is 0 Å². The van der Waals surface area contributed by atoms with Crippen LogP contribution in [0.15, 0.2) is 18.2 Å². The van der Waals surface area contributed by atoms with Crippen LogP contribution in [0.1, 0.15) is 29.2 Å². The molecule has 1 aliphatic heterocycles. The van der Waals surface area contributed by atoms with Gasteiger partial charge in [0.05, 0.1) is 6.10 Å². The fourth-order valence-electron chi connectivity index (χ4n) is 1.76. The molecule has 1 atom stereocenters. The van der Waals surface area contributed by atoms with Gasteiger partial charge in [0.1, 0.15) is 0 Å². The molecule has 2 heteroatoms. The van der Waals surface area contributed by atoms with Gasteiger partial charge in [-0.05, 0) is 35.8 Å². The summed E-state index contributed by atoms with van der Waals surface area (Å²) in [6.07, 6.45) is 0.645. The number of thioether (sulfide) groups is 1. The predicted molar refractivity (Wildman–Crippen MR) is 56.9 cm³/mol. The Hall–Kier alpha value is -0.470. The number of hydrogen-bond donors (Lipinski definition) is 1. The molecule has 0 fully saturated rings. The minimum atomic E-state index is -0.245. The fraction of sp³-hybridized carbons (Fsp3) is 0.455. The van der Waals surface area contributed by atoms with E-state index in [2.05, 4.69) is 19.1 Å². The number of aryl methyl sites for hydroxylation is 1. The van der Waals surface area contributed by atoms with E-state index < -0.39 is 0 Å². The lowest BCUT2D eigenvalue weighted by atomic mass is 9.98. The standard InChI is InChI=1S/C11H14OS/c1-8-3-2-4-9-10(8)7-13-6-5-11(9)12/h2-4,11-12H,5-7H2,1H3. The van der Waals surface area contributed by atoms with Crippen LogP contribution in [-0.2, 0) is 5.75 Å². The number of rotatable bonds is 0. The molecule has 0 amide bonds. The second-order valence-corrected chi connectivity index (χ2v) is 4.60. The van der Waals surface area contributed by atoms with Crippen LogP contribution in [-0.4, -0.2) is 10.9 Å². The van der Waals surface area contributed by atoms with Crippen LogP contribution in [0.3, 0.4) is 0 Å². The van der Waals surface area contributed by atoms with Crippen molar-refractivity contribution in [2.45, 2.75) is 25.2 Å². The topological polar surface area (TPSA) is 20.2 Å². The average Bonchev–Trinajstić information content (AvgIpc) is 2.30. The van der Waals surface area contributed by atoms with Gasteiger partial charge in [0, 0.05) is 5.75 Å². The zero-order valence-corrected chi connectivity index (χ0v) is 8.60. The summed E-state index contributed by atoms with van der Waals surface area (Å²) in [6.45, 7) is 2.12. The SMILES string of the molecule is Cc1cccc2c1CSCCC2O. The summed E-state index contributed by atoms with van der Waals surface area (Å²) >= 11 is 1.92. The Balaban J connectivity index is 2.47. The first kappa shape index (κ1) is 9.10. The molecule has 2 rings (SSSR count). The van der Waals surface area contributed by atoms with Gasteiger partial charge >= 0.3 is 0 Å². The maximum absolute atomic E-state index is 9.85. The number of benzene rings is 1. The number of aliphatic hydroxyl groups is 1. The lowest BCUT2D eigenvalue weighted by Crippen LogP contribution is -2.00. The van der Waals surface area contributed by atoms with Gasteiger partial charge in [-0.15, -0.1) is 0 Å². The maximum Gasteiger partial charge on any atom is 0.0801 e. The first-order valence-electron chi connectivity index (χ1n) is 4.63. The highest BCUT2D eigenvalue weighted by Crippen LogP contribution is 2.31. The van der Waals surface area contributed by atoms with Crippen molar-refractivity contribution < 1.29 is 5.11 Å². The lowest BCUT2D eigenvalue weighted by Gasteiger charge is -2.12. The quantitative estimate of drug-likeness (QED) is 0.685. The Kier molecular flexibility index (Phi) is 2.61. The van der Waals surface area contributed by atoms with Crippen LogP contribution in [0.4, 0.5) is 0 Å². The van der Waals surface area contributed by atoms with Crippen molar-refractivity contribution in [3.05, 3.63) is 34.9 Å². The third-order valence-electron chi connectivity index (χ3n) is 2.59. The van der Waals surface area contributed by atoms with Crippen molar-refractivity contribution in [1.82, 2.24) is 0 Å². The Labute approximate surface area is 83.2 Å². The van der Waals surface area contributed by atoms with Crippen LogP contribution in [0, 0.1) is 6.92 Å². The summed E-state index contributed by atoms with van der Waals surface area (Å²) in [6, 6.07) is 6.21. The molecule has 0 aromatic heterocycles. The van der Waals surface area contributed by atoms with Gasteiger partial charge in [-0.2, -0.15) is 11.8 Å². The third-order valence-corrected chi connectivity index (χ3v) is 3.60. The number of aliphatic hydroxyl groups excluding tert-OH is 1. The molecular formula is C11H14OS. The molecule has 1 nitrogen and oxygen atoms in total. The molecule has 13 heavy (non-hydrogen) atoms. The van der Waals surface area contributed by atoms with Crippen LogP contribution in [0.25, 0.3) is 0 Å². The summed E-state index contributed by atoms with van der Waals surface area (Å²) < 4.78 is 0. The summed E-state index contributed by atoms with van der Waals surface area (Å²) in [5, 5.41) is 9.85.